The van der Waals surface area contributed by atoms with E-state index in [1.54, 1.807) is 7.11 Å². The molecule has 26 heavy (non-hydrogen) atoms. The van der Waals surface area contributed by atoms with Crippen molar-refractivity contribution in [1.82, 2.24) is 15.5 Å². The van der Waals surface area contributed by atoms with Gasteiger partial charge in [-0.05, 0) is 26.2 Å². The van der Waals surface area contributed by atoms with E-state index in [1.807, 2.05) is 4.90 Å². The maximum Gasteiger partial charge on any atom is 0.225 e. The fourth-order valence-corrected chi connectivity index (χ4v) is 3.67. The lowest BCUT2D eigenvalue weighted by Crippen LogP contribution is -2.45. The molecule has 0 radical (unpaired) electrons. The number of carbonyl (C=O) groups is 1. The number of rotatable bonds is 9. The maximum absolute atomic E-state index is 12.7. The first-order valence-electron chi connectivity index (χ1n) is 10.1. The van der Waals surface area contributed by atoms with Crippen LogP contribution in [0.2, 0.25) is 0 Å². The minimum Gasteiger partial charge on any atom is -0.382 e. The third kappa shape index (κ3) is 7.11. The Labute approximate surface area is 157 Å². The third-order valence-corrected chi connectivity index (χ3v) is 5.08. The minimum absolute atomic E-state index is 0.258. The Morgan fingerprint density at radius 3 is 2.69 bits per heavy atom. The van der Waals surface area contributed by atoms with Crippen LogP contribution in [0, 0.1) is 5.92 Å². The normalized spacial score (nSPS) is 21.8. The van der Waals surface area contributed by atoms with Crippen LogP contribution in [-0.4, -0.2) is 75.9 Å². The molecule has 1 saturated heterocycles. The summed E-state index contributed by atoms with van der Waals surface area (Å²) in [4.78, 5) is 19.3. The van der Waals surface area contributed by atoms with Crippen molar-refractivity contribution < 1.29 is 14.3 Å². The number of hydrogen-bond acceptors (Lipinski definition) is 4. The summed E-state index contributed by atoms with van der Waals surface area (Å²) in [7, 11) is 1.67. The van der Waals surface area contributed by atoms with Crippen molar-refractivity contribution in [2.24, 2.45) is 10.9 Å². The molecule has 2 rings (SSSR count). The molecule has 2 fully saturated rings. The highest BCUT2D eigenvalue weighted by Gasteiger charge is 2.31. The van der Waals surface area contributed by atoms with Gasteiger partial charge >= 0.3 is 0 Å². The molecule has 0 bridgehead atoms. The minimum atomic E-state index is 0.258. The fraction of sp³-hybridized carbons (Fsp3) is 0.895. The van der Waals surface area contributed by atoms with Crippen LogP contribution in [0.4, 0.5) is 0 Å². The number of carbonyl (C=O) groups excluding carboxylic acids is 1. The molecule has 2 N–H and O–H groups in total. The monoisotopic (exact) mass is 368 g/mol. The predicted octanol–water partition coefficient (Wildman–Crippen LogP) is 1.39. The molecule has 1 unspecified atom stereocenters. The highest BCUT2D eigenvalue weighted by Crippen LogP contribution is 2.26. The van der Waals surface area contributed by atoms with Crippen LogP contribution >= 0.6 is 0 Å². The first kappa shape index (κ1) is 21.0. The quantitative estimate of drug-likeness (QED) is 0.365. The second-order valence-electron chi connectivity index (χ2n) is 7.11. The SMILES string of the molecule is CCNC(=NCCOCCOC)NC1CCN(C(=O)C2CCCCC2)C1. The van der Waals surface area contributed by atoms with Crippen LogP contribution in [0.15, 0.2) is 4.99 Å². The van der Waals surface area contributed by atoms with E-state index >= 15 is 0 Å². The summed E-state index contributed by atoms with van der Waals surface area (Å²) in [5.41, 5.74) is 0. The smallest absolute Gasteiger partial charge is 0.225 e. The molecule has 0 spiro atoms. The van der Waals surface area contributed by atoms with Crippen molar-refractivity contribution in [3.63, 3.8) is 0 Å². The summed E-state index contributed by atoms with van der Waals surface area (Å²) in [5.74, 6) is 1.43. The predicted molar refractivity (Wildman–Crippen MR) is 103 cm³/mol. The molecule has 1 amide bonds. The van der Waals surface area contributed by atoms with Gasteiger partial charge < -0.3 is 25.0 Å². The average Bonchev–Trinajstić information content (AvgIpc) is 3.13. The van der Waals surface area contributed by atoms with Gasteiger partial charge in [-0.1, -0.05) is 19.3 Å². The van der Waals surface area contributed by atoms with E-state index in [9.17, 15) is 4.79 Å². The molecule has 0 aromatic carbocycles. The van der Waals surface area contributed by atoms with Gasteiger partial charge in [0.15, 0.2) is 5.96 Å². The molecule has 1 aliphatic heterocycles. The first-order chi connectivity index (χ1) is 12.7. The van der Waals surface area contributed by atoms with Gasteiger partial charge in [-0.2, -0.15) is 0 Å². The van der Waals surface area contributed by atoms with Crippen LogP contribution < -0.4 is 10.6 Å². The van der Waals surface area contributed by atoms with Gasteiger partial charge in [0.2, 0.25) is 5.91 Å². The molecule has 1 aliphatic carbocycles. The lowest BCUT2D eigenvalue weighted by Gasteiger charge is -2.26. The van der Waals surface area contributed by atoms with Gasteiger partial charge in [-0.3, -0.25) is 9.79 Å². The topological polar surface area (TPSA) is 75.2 Å². The van der Waals surface area contributed by atoms with Crippen LogP contribution in [0.5, 0.6) is 0 Å². The number of nitrogens with zero attached hydrogens (tertiary/aromatic N) is 2. The van der Waals surface area contributed by atoms with E-state index < -0.39 is 0 Å². The molecular formula is C19H36N4O3. The number of ether oxygens (including phenoxy) is 2. The molecule has 7 heteroatoms. The Morgan fingerprint density at radius 1 is 1.15 bits per heavy atom. The van der Waals surface area contributed by atoms with Crippen LogP contribution in [0.25, 0.3) is 0 Å². The van der Waals surface area contributed by atoms with E-state index in [2.05, 4.69) is 22.5 Å². The second kappa shape index (κ2) is 12.1. The lowest BCUT2D eigenvalue weighted by molar-refractivity contribution is -0.135. The van der Waals surface area contributed by atoms with E-state index in [4.69, 9.17) is 9.47 Å². The number of amides is 1. The number of aliphatic imine (C=N–C) groups is 1. The molecule has 0 aromatic rings. The van der Waals surface area contributed by atoms with E-state index in [1.165, 1.54) is 19.3 Å². The molecular weight excluding hydrogens is 332 g/mol. The number of guanidine groups is 1. The summed E-state index contributed by atoms with van der Waals surface area (Å²) >= 11 is 0. The summed E-state index contributed by atoms with van der Waals surface area (Å²) in [5, 5.41) is 6.75. The second-order valence-corrected chi connectivity index (χ2v) is 7.11. The average molecular weight is 369 g/mol. The molecule has 1 atom stereocenters. The Hall–Kier alpha value is -1.34. The number of nitrogens with one attached hydrogen (secondary N) is 2. The standard InChI is InChI=1S/C19H36N4O3/c1-3-20-19(21-10-12-26-14-13-25-2)22-17-9-11-23(15-17)18(24)16-7-5-4-6-8-16/h16-17H,3-15H2,1-2H3,(H2,20,21,22). The molecule has 1 saturated carbocycles. The highest BCUT2D eigenvalue weighted by atomic mass is 16.5. The molecule has 7 nitrogen and oxygen atoms in total. The molecule has 1 heterocycles. The van der Waals surface area contributed by atoms with Gasteiger partial charge in [0, 0.05) is 38.7 Å². The Balaban J connectivity index is 1.73. The Kier molecular flexibility index (Phi) is 9.77. The zero-order chi connectivity index (χ0) is 18.6. The summed E-state index contributed by atoms with van der Waals surface area (Å²) < 4.78 is 10.4. The summed E-state index contributed by atoms with van der Waals surface area (Å²) in [6.07, 6.45) is 6.81. The van der Waals surface area contributed by atoms with Crippen molar-refractivity contribution in [2.75, 3.05) is 53.1 Å². The third-order valence-electron chi connectivity index (χ3n) is 5.08. The maximum atomic E-state index is 12.7. The molecule has 150 valence electrons. The van der Waals surface area contributed by atoms with Crippen molar-refractivity contribution in [3.8, 4) is 0 Å². The van der Waals surface area contributed by atoms with Crippen LogP contribution in [-0.2, 0) is 14.3 Å². The zero-order valence-corrected chi connectivity index (χ0v) is 16.5. The number of hydrogen-bond donors (Lipinski definition) is 2. The number of methoxy groups -OCH3 is 1. The lowest BCUT2D eigenvalue weighted by atomic mass is 9.88. The van der Waals surface area contributed by atoms with Gasteiger partial charge in [0.25, 0.3) is 0 Å². The molecule has 2 aliphatic rings. The fourth-order valence-electron chi connectivity index (χ4n) is 3.67. The van der Waals surface area contributed by atoms with E-state index in [0.29, 0.717) is 32.3 Å². The van der Waals surface area contributed by atoms with Gasteiger partial charge in [0.05, 0.1) is 26.4 Å². The zero-order valence-electron chi connectivity index (χ0n) is 16.5. The first-order valence-corrected chi connectivity index (χ1v) is 10.1. The van der Waals surface area contributed by atoms with Crippen molar-refractivity contribution in [1.29, 1.82) is 0 Å². The van der Waals surface area contributed by atoms with E-state index in [0.717, 1.165) is 44.9 Å². The summed E-state index contributed by atoms with van der Waals surface area (Å²) in [6, 6.07) is 0.273. The van der Waals surface area contributed by atoms with Crippen molar-refractivity contribution in [3.05, 3.63) is 0 Å². The summed E-state index contributed by atoms with van der Waals surface area (Å²) in [6.45, 7) is 6.89. The Morgan fingerprint density at radius 2 is 1.96 bits per heavy atom. The van der Waals surface area contributed by atoms with Crippen LogP contribution in [0.1, 0.15) is 45.4 Å². The van der Waals surface area contributed by atoms with Crippen molar-refractivity contribution in [2.45, 2.75) is 51.5 Å². The van der Waals surface area contributed by atoms with Crippen molar-refractivity contribution >= 4 is 11.9 Å². The van der Waals surface area contributed by atoms with Gasteiger partial charge in [-0.15, -0.1) is 0 Å². The van der Waals surface area contributed by atoms with Gasteiger partial charge in [0.1, 0.15) is 0 Å². The Bertz CT molecular complexity index is 439. The van der Waals surface area contributed by atoms with Crippen LogP contribution in [0.3, 0.4) is 0 Å². The molecule has 0 aromatic heterocycles. The van der Waals surface area contributed by atoms with E-state index in [-0.39, 0.29) is 12.0 Å². The number of likely N-dealkylation sites (tertiary alicyclic amines) is 1. The van der Waals surface area contributed by atoms with Gasteiger partial charge in [-0.25, -0.2) is 0 Å². The largest absolute Gasteiger partial charge is 0.382 e. The highest BCUT2D eigenvalue weighted by molar-refractivity contribution is 5.81.